The van der Waals surface area contributed by atoms with Gasteiger partial charge in [0.05, 0.1) is 19.8 Å². The molecule has 0 radical (unpaired) electrons. The predicted molar refractivity (Wildman–Crippen MR) is 97.3 cm³/mol. The van der Waals surface area contributed by atoms with Gasteiger partial charge in [-0.2, -0.15) is 0 Å². The van der Waals surface area contributed by atoms with Gasteiger partial charge in [-0.1, -0.05) is 38.3 Å². The maximum absolute atomic E-state index is 11.9. The van der Waals surface area contributed by atoms with E-state index in [-0.39, 0.29) is 18.8 Å². The quantitative estimate of drug-likeness (QED) is 0.198. The summed E-state index contributed by atoms with van der Waals surface area (Å²) < 4.78 is 15.5. The number of carbonyl (C=O) groups is 2. The molecule has 1 rings (SSSR count). The van der Waals surface area contributed by atoms with E-state index in [9.17, 15) is 9.59 Å². The first kappa shape index (κ1) is 20.7. The molecule has 25 heavy (non-hydrogen) atoms. The van der Waals surface area contributed by atoms with Gasteiger partial charge in [0, 0.05) is 0 Å². The molecule has 0 heterocycles. The van der Waals surface area contributed by atoms with Crippen molar-refractivity contribution in [3.8, 4) is 5.75 Å². The van der Waals surface area contributed by atoms with Crippen LogP contribution in [0.5, 0.6) is 5.75 Å². The van der Waals surface area contributed by atoms with Crippen molar-refractivity contribution in [2.75, 3.05) is 19.8 Å². The Morgan fingerprint density at radius 2 is 1.48 bits per heavy atom. The van der Waals surface area contributed by atoms with Crippen molar-refractivity contribution in [2.45, 2.75) is 46.5 Å². The molecule has 1 aromatic carbocycles. The molecule has 0 amide bonds. The second-order valence-electron chi connectivity index (χ2n) is 5.48. The number of ether oxygens (including phenoxy) is 3. The van der Waals surface area contributed by atoms with Crippen LogP contribution in [0.25, 0.3) is 6.08 Å². The summed E-state index contributed by atoms with van der Waals surface area (Å²) >= 11 is 0. The summed E-state index contributed by atoms with van der Waals surface area (Å²) in [7, 11) is 0. The lowest BCUT2D eigenvalue weighted by Crippen LogP contribution is -2.18. The van der Waals surface area contributed by atoms with E-state index in [2.05, 4.69) is 6.92 Å². The van der Waals surface area contributed by atoms with Crippen molar-refractivity contribution in [1.82, 2.24) is 0 Å². The Morgan fingerprint density at radius 1 is 0.880 bits per heavy atom. The average Bonchev–Trinajstić information content (AvgIpc) is 2.61. The fourth-order valence-corrected chi connectivity index (χ4v) is 2.16. The summed E-state index contributed by atoms with van der Waals surface area (Å²) in [5, 5.41) is 0. The summed E-state index contributed by atoms with van der Waals surface area (Å²) in [5.74, 6) is -0.600. The third-order valence-electron chi connectivity index (χ3n) is 3.45. The largest absolute Gasteiger partial charge is 0.494 e. The Morgan fingerprint density at radius 3 is 2.00 bits per heavy atom. The van der Waals surface area contributed by atoms with E-state index in [0.717, 1.165) is 12.2 Å². The van der Waals surface area contributed by atoms with Crippen LogP contribution in [0.15, 0.2) is 29.8 Å². The number of benzene rings is 1. The number of unbranched alkanes of at least 4 members (excludes halogenated alkanes) is 3. The van der Waals surface area contributed by atoms with Gasteiger partial charge in [0.2, 0.25) is 0 Å². The van der Waals surface area contributed by atoms with E-state index in [1.54, 1.807) is 26.0 Å². The molecule has 0 spiro atoms. The lowest BCUT2D eigenvalue weighted by molar-refractivity contribution is -0.146. The van der Waals surface area contributed by atoms with Gasteiger partial charge in [0.15, 0.2) is 0 Å². The van der Waals surface area contributed by atoms with Gasteiger partial charge in [-0.25, -0.2) is 9.59 Å². The highest BCUT2D eigenvalue weighted by Crippen LogP contribution is 2.16. The minimum atomic E-state index is -0.683. The molecule has 0 saturated carbocycles. The molecule has 5 nitrogen and oxygen atoms in total. The van der Waals surface area contributed by atoms with E-state index in [4.69, 9.17) is 14.2 Å². The molecule has 0 aliphatic carbocycles. The number of hydrogen-bond donors (Lipinski definition) is 0. The second-order valence-corrected chi connectivity index (χ2v) is 5.48. The van der Waals surface area contributed by atoms with Gasteiger partial charge in [0.25, 0.3) is 0 Å². The van der Waals surface area contributed by atoms with Crippen molar-refractivity contribution in [3.63, 3.8) is 0 Å². The molecule has 0 fully saturated rings. The minimum Gasteiger partial charge on any atom is -0.494 e. The molecule has 0 atom stereocenters. The lowest BCUT2D eigenvalue weighted by atomic mass is 10.1. The first-order chi connectivity index (χ1) is 12.1. The van der Waals surface area contributed by atoms with Gasteiger partial charge in [-0.3, -0.25) is 0 Å². The topological polar surface area (TPSA) is 61.8 Å². The molecular formula is C20H28O5. The van der Waals surface area contributed by atoms with Crippen LogP contribution in [-0.2, 0) is 19.1 Å². The van der Waals surface area contributed by atoms with Gasteiger partial charge in [-0.15, -0.1) is 0 Å². The molecule has 0 N–H and O–H groups in total. The fourth-order valence-electron chi connectivity index (χ4n) is 2.16. The third kappa shape index (κ3) is 7.88. The Balaban J connectivity index is 2.74. The first-order valence-corrected chi connectivity index (χ1v) is 8.91. The monoisotopic (exact) mass is 348 g/mol. The molecule has 0 saturated heterocycles. The highest BCUT2D eigenvalue weighted by atomic mass is 16.6. The van der Waals surface area contributed by atoms with E-state index in [0.29, 0.717) is 12.2 Å². The molecular weight excluding hydrogens is 320 g/mol. The van der Waals surface area contributed by atoms with Crippen LogP contribution in [0.4, 0.5) is 0 Å². The number of carbonyl (C=O) groups excluding carboxylic acids is 2. The number of esters is 2. The maximum atomic E-state index is 11.9. The van der Waals surface area contributed by atoms with Crippen molar-refractivity contribution in [3.05, 3.63) is 35.4 Å². The highest BCUT2D eigenvalue weighted by molar-refractivity contribution is 6.17. The van der Waals surface area contributed by atoms with Crippen molar-refractivity contribution < 1.29 is 23.8 Å². The van der Waals surface area contributed by atoms with Crippen LogP contribution in [0.3, 0.4) is 0 Å². The van der Waals surface area contributed by atoms with Crippen LogP contribution in [0, 0.1) is 0 Å². The SMILES string of the molecule is CCCCCCOc1ccc(C=C(C(=O)OCC)C(=O)OCC)cc1. The van der Waals surface area contributed by atoms with E-state index >= 15 is 0 Å². The Bertz CT molecular complexity index is 540. The third-order valence-corrected chi connectivity index (χ3v) is 3.45. The van der Waals surface area contributed by atoms with Crippen LogP contribution >= 0.6 is 0 Å². The predicted octanol–water partition coefficient (Wildman–Crippen LogP) is 4.16. The van der Waals surface area contributed by atoms with E-state index in [1.807, 2.05) is 12.1 Å². The zero-order valence-electron chi connectivity index (χ0n) is 15.4. The lowest BCUT2D eigenvalue weighted by Gasteiger charge is -2.08. The zero-order chi connectivity index (χ0) is 18.5. The van der Waals surface area contributed by atoms with Crippen LogP contribution in [-0.4, -0.2) is 31.8 Å². The zero-order valence-corrected chi connectivity index (χ0v) is 15.4. The number of rotatable bonds is 11. The summed E-state index contributed by atoms with van der Waals surface area (Å²) in [4.78, 5) is 23.9. The van der Waals surface area contributed by atoms with Gasteiger partial charge in [0.1, 0.15) is 11.3 Å². The molecule has 138 valence electrons. The smallest absolute Gasteiger partial charge is 0.345 e. The van der Waals surface area contributed by atoms with Crippen LogP contribution in [0.1, 0.15) is 52.0 Å². The summed E-state index contributed by atoms with van der Waals surface area (Å²) in [6.45, 7) is 6.63. The van der Waals surface area contributed by atoms with Gasteiger partial charge in [-0.05, 0) is 44.0 Å². The van der Waals surface area contributed by atoms with Crippen molar-refractivity contribution >= 4 is 18.0 Å². The molecule has 0 aromatic heterocycles. The molecule has 0 aliphatic rings. The van der Waals surface area contributed by atoms with Crippen molar-refractivity contribution in [2.24, 2.45) is 0 Å². The summed E-state index contributed by atoms with van der Waals surface area (Å²) in [6, 6.07) is 7.22. The summed E-state index contributed by atoms with van der Waals surface area (Å²) in [5.41, 5.74) is 0.589. The molecule has 0 aliphatic heterocycles. The second kappa shape index (κ2) is 12.1. The molecule has 0 unspecified atom stereocenters. The van der Waals surface area contributed by atoms with E-state index < -0.39 is 11.9 Å². The number of hydrogen-bond acceptors (Lipinski definition) is 5. The Hall–Kier alpha value is -2.30. The Labute approximate surface area is 150 Å². The Kier molecular flexibility index (Phi) is 10.1. The fraction of sp³-hybridized carbons (Fsp3) is 0.500. The average molecular weight is 348 g/mol. The molecule has 1 aromatic rings. The van der Waals surface area contributed by atoms with Gasteiger partial charge < -0.3 is 14.2 Å². The highest BCUT2D eigenvalue weighted by Gasteiger charge is 2.20. The maximum Gasteiger partial charge on any atom is 0.345 e. The van der Waals surface area contributed by atoms with Gasteiger partial charge >= 0.3 is 11.9 Å². The van der Waals surface area contributed by atoms with E-state index in [1.165, 1.54) is 25.3 Å². The molecule has 0 bridgehead atoms. The van der Waals surface area contributed by atoms with Crippen LogP contribution < -0.4 is 4.74 Å². The van der Waals surface area contributed by atoms with Crippen LogP contribution in [0.2, 0.25) is 0 Å². The normalized spacial score (nSPS) is 10.0. The molecule has 5 heteroatoms. The minimum absolute atomic E-state index is 0.114. The first-order valence-electron chi connectivity index (χ1n) is 8.91. The summed E-state index contributed by atoms with van der Waals surface area (Å²) in [6.07, 6.45) is 6.09. The van der Waals surface area contributed by atoms with Crippen molar-refractivity contribution in [1.29, 1.82) is 0 Å². The standard InChI is InChI=1S/C20H28O5/c1-4-7-8-9-14-25-17-12-10-16(11-13-17)15-18(19(21)23-5-2)20(22)24-6-3/h10-13,15H,4-9,14H2,1-3H3.